The summed E-state index contributed by atoms with van der Waals surface area (Å²) in [5, 5.41) is 10.1. The summed E-state index contributed by atoms with van der Waals surface area (Å²) >= 11 is 0. The van der Waals surface area contributed by atoms with Crippen LogP contribution in [-0.4, -0.2) is 27.8 Å². The number of aromatic nitrogens is 1. The molecule has 4 nitrogen and oxygen atoms in total. The number of carbonyl (C=O) groups is 1. The molecule has 0 spiro atoms. The quantitative estimate of drug-likeness (QED) is 0.867. The molecule has 112 valence electrons. The van der Waals surface area contributed by atoms with Crippen molar-refractivity contribution in [1.29, 1.82) is 0 Å². The van der Waals surface area contributed by atoms with E-state index < -0.39 is 17.7 Å². The number of carbonyl (C=O) groups excluding carboxylic acids is 1. The largest absolute Gasteiger partial charge is 0.430 e. The standard InChI is InChI=1S/C14H13F3N2O2/c15-14(16,17)13(21)9-5-1-2-6-10(9)19(12(13)20)11-7-3-4-8-18-11/h3-4,7-8,21H,1-2,5-6H2. The molecule has 0 radical (unpaired) electrons. The van der Waals surface area contributed by atoms with E-state index in [1.54, 1.807) is 12.1 Å². The van der Waals surface area contributed by atoms with Crippen LogP contribution in [0.15, 0.2) is 35.7 Å². The molecule has 7 heteroatoms. The van der Waals surface area contributed by atoms with Crippen molar-refractivity contribution in [2.45, 2.75) is 37.5 Å². The number of allylic oxidation sites excluding steroid dienone is 1. The van der Waals surface area contributed by atoms with Crippen LogP contribution in [0.25, 0.3) is 0 Å². The fourth-order valence-corrected chi connectivity index (χ4v) is 2.96. The van der Waals surface area contributed by atoms with Gasteiger partial charge in [0.25, 0.3) is 11.5 Å². The molecule has 0 aromatic carbocycles. The van der Waals surface area contributed by atoms with Gasteiger partial charge in [0.2, 0.25) is 0 Å². The third-order valence-corrected chi connectivity index (χ3v) is 3.95. The van der Waals surface area contributed by atoms with E-state index in [2.05, 4.69) is 4.98 Å². The third kappa shape index (κ3) is 1.87. The maximum atomic E-state index is 13.3. The van der Waals surface area contributed by atoms with Gasteiger partial charge in [0.05, 0.1) is 0 Å². The lowest BCUT2D eigenvalue weighted by atomic mass is 9.86. The summed E-state index contributed by atoms with van der Waals surface area (Å²) in [7, 11) is 0. The van der Waals surface area contributed by atoms with Crippen LogP contribution in [0.2, 0.25) is 0 Å². The van der Waals surface area contributed by atoms with E-state index in [1.807, 2.05) is 0 Å². The Morgan fingerprint density at radius 1 is 1.24 bits per heavy atom. The van der Waals surface area contributed by atoms with Gasteiger partial charge in [-0.15, -0.1) is 0 Å². The Hall–Kier alpha value is -1.89. The molecule has 1 unspecified atom stereocenters. The molecule has 1 aromatic heterocycles. The maximum Gasteiger partial charge on any atom is 0.430 e. The van der Waals surface area contributed by atoms with Crippen molar-refractivity contribution in [2.24, 2.45) is 0 Å². The maximum absolute atomic E-state index is 13.3. The molecule has 2 aliphatic rings. The minimum Gasteiger partial charge on any atom is -0.369 e. The van der Waals surface area contributed by atoms with Gasteiger partial charge >= 0.3 is 6.18 Å². The normalized spacial score (nSPS) is 26.3. The van der Waals surface area contributed by atoms with Crippen LogP contribution in [0, 0.1) is 0 Å². The molecule has 1 N–H and O–H groups in total. The summed E-state index contributed by atoms with van der Waals surface area (Å²) < 4.78 is 39.9. The Kier molecular flexibility index (Phi) is 3.05. The molecule has 1 amide bonds. The zero-order chi connectivity index (χ0) is 15.3. The highest BCUT2D eigenvalue weighted by Crippen LogP contribution is 2.50. The molecule has 0 bridgehead atoms. The van der Waals surface area contributed by atoms with Gasteiger partial charge in [0.15, 0.2) is 0 Å². The molecular weight excluding hydrogens is 285 g/mol. The summed E-state index contributed by atoms with van der Waals surface area (Å²) in [5.74, 6) is -1.27. The fraction of sp³-hybridized carbons (Fsp3) is 0.429. The molecule has 0 fully saturated rings. The SMILES string of the molecule is O=C1N(c2ccccn2)C2=C(CCCC2)C1(O)C(F)(F)F. The zero-order valence-electron chi connectivity index (χ0n) is 11.0. The Bertz CT molecular complexity index is 612. The first-order chi connectivity index (χ1) is 9.87. The summed E-state index contributed by atoms with van der Waals surface area (Å²) in [6, 6.07) is 4.65. The molecule has 1 atom stereocenters. The van der Waals surface area contributed by atoms with Crippen molar-refractivity contribution in [2.75, 3.05) is 4.90 Å². The second-order valence-electron chi connectivity index (χ2n) is 5.17. The van der Waals surface area contributed by atoms with E-state index >= 15 is 0 Å². The molecule has 0 saturated carbocycles. The highest BCUT2D eigenvalue weighted by molar-refractivity contribution is 6.08. The first kappa shape index (κ1) is 14.1. The van der Waals surface area contributed by atoms with Crippen molar-refractivity contribution < 1.29 is 23.1 Å². The molecule has 1 aliphatic heterocycles. The van der Waals surface area contributed by atoms with Gasteiger partial charge in [-0.05, 0) is 37.8 Å². The van der Waals surface area contributed by atoms with E-state index in [0.717, 1.165) is 4.90 Å². The number of aliphatic hydroxyl groups is 1. The number of amides is 1. The minimum absolute atomic E-state index is 0.0699. The number of pyridine rings is 1. The lowest BCUT2D eigenvalue weighted by Gasteiger charge is -2.27. The second-order valence-corrected chi connectivity index (χ2v) is 5.17. The third-order valence-electron chi connectivity index (χ3n) is 3.95. The van der Waals surface area contributed by atoms with Gasteiger partial charge in [0, 0.05) is 17.5 Å². The zero-order valence-corrected chi connectivity index (χ0v) is 11.0. The molecule has 3 rings (SSSR count). The average Bonchev–Trinajstić information content (AvgIpc) is 2.70. The first-order valence-electron chi connectivity index (χ1n) is 6.64. The molecule has 2 heterocycles. The topological polar surface area (TPSA) is 53.4 Å². The number of halogens is 3. The van der Waals surface area contributed by atoms with Crippen LogP contribution in [0.1, 0.15) is 25.7 Å². The predicted octanol–water partition coefficient (Wildman–Crippen LogP) is 2.55. The van der Waals surface area contributed by atoms with Crippen LogP contribution >= 0.6 is 0 Å². The van der Waals surface area contributed by atoms with Gasteiger partial charge in [-0.3, -0.25) is 9.69 Å². The highest BCUT2D eigenvalue weighted by atomic mass is 19.4. The smallest absolute Gasteiger partial charge is 0.369 e. The van der Waals surface area contributed by atoms with E-state index in [1.165, 1.54) is 12.3 Å². The van der Waals surface area contributed by atoms with Crippen LogP contribution in [-0.2, 0) is 4.79 Å². The van der Waals surface area contributed by atoms with E-state index in [9.17, 15) is 23.1 Å². The van der Waals surface area contributed by atoms with Gasteiger partial charge in [-0.25, -0.2) is 4.98 Å². The lowest BCUT2D eigenvalue weighted by molar-refractivity contribution is -0.235. The number of alkyl halides is 3. The number of anilines is 1. The Balaban J connectivity index is 2.17. The number of hydrogen-bond acceptors (Lipinski definition) is 3. The van der Waals surface area contributed by atoms with Gasteiger partial charge < -0.3 is 5.11 Å². The van der Waals surface area contributed by atoms with E-state index in [-0.39, 0.29) is 23.5 Å². The van der Waals surface area contributed by atoms with Crippen molar-refractivity contribution in [1.82, 2.24) is 4.98 Å². The summed E-state index contributed by atoms with van der Waals surface area (Å²) in [6.45, 7) is 0. The molecule has 1 aliphatic carbocycles. The number of hydrogen-bond donors (Lipinski definition) is 1. The first-order valence-corrected chi connectivity index (χ1v) is 6.64. The Morgan fingerprint density at radius 2 is 1.95 bits per heavy atom. The van der Waals surface area contributed by atoms with Crippen molar-refractivity contribution in [3.05, 3.63) is 35.7 Å². The van der Waals surface area contributed by atoms with Gasteiger partial charge in [0.1, 0.15) is 5.82 Å². The van der Waals surface area contributed by atoms with Crippen molar-refractivity contribution in [3.8, 4) is 0 Å². The fourth-order valence-electron chi connectivity index (χ4n) is 2.96. The van der Waals surface area contributed by atoms with Gasteiger partial charge in [-0.1, -0.05) is 6.07 Å². The predicted molar refractivity (Wildman–Crippen MR) is 68.2 cm³/mol. The monoisotopic (exact) mass is 298 g/mol. The number of rotatable bonds is 1. The molecule has 1 aromatic rings. The summed E-state index contributed by atoms with van der Waals surface area (Å²) in [6.07, 6.45) is -2.03. The minimum atomic E-state index is -5.04. The van der Waals surface area contributed by atoms with Crippen molar-refractivity contribution >= 4 is 11.7 Å². The molecule has 21 heavy (non-hydrogen) atoms. The summed E-state index contributed by atoms with van der Waals surface area (Å²) in [5.41, 5.74) is -3.40. The van der Waals surface area contributed by atoms with Crippen LogP contribution in [0.4, 0.5) is 19.0 Å². The number of nitrogens with zero attached hydrogens (tertiary/aromatic N) is 2. The van der Waals surface area contributed by atoms with Crippen LogP contribution in [0.5, 0.6) is 0 Å². The van der Waals surface area contributed by atoms with Crippen LogP contribution < -0.4 is 4.90 Å². The van der Waals surface area contributed by atoms with Crippen LogP contribution in [0.3, 0.4) is 0 Å². The molecule has 0 saturated heterocycles. The summed E-state index contributed by atoms with van der Waals surface area (Å²) in [4.78, 5) is 17.2. The van der Waals surface area contributed by atoms with Gasteiger partial charge in [-0.2, -0.15) is 13.2 Å². The highest BCUT2D eigenvalue weighted by Gasteiger charge is 2.67. The Morgan fingerprint density at radius 3 is 2.57 bits per heavy atom. The van der Waals surface area contributed by atoms with E-state index in [0.29, 0.717) is 19.3 Å². The average molecular weight is 298 g/mol. The second kappa shape index (κ2) is 4.56. The van der Waals surface area contributed by atoms with Crippen molar-refractivity contribution in [3.63, 3.8) is 0 Å². The molecular formula is C14H13F3N2O2. The van der Waals surface area contributed by atoms with E-state index in [4.69, 9.17) is 0 Å². The lowest BCUT2D eigenvalue weighted by Crippen LogP contribution is -2.54. The Labute approximate surface area is 118 Å².